The Bertz CT molecular complexity index is 712. The van der Waals surface area contributed by atoms with Crippen molar-refractivity contribution in [2.45, 2.75) is 11.8 Å². The lowest BCUT2D eigenvalue weighted by molar-refractivity contribution is 0.102. The summed E-state index contributed by atoms with van der Waals surface area (Å²) in [6, 6.07) is 11.3. The molecule has 0 radical (unpaired) electrons. The Balaban J connectivity index is 2.34. The van der Waals surface area contributed by atoms with E-state index in [0.29, 0.717) is 0 Å². The summed E-state index contributed by atoms with van der Waals surface area (Å²) >= 11 is 0. The lowest BCUT2D eigenvalue weighted by atomic mass is 10.3. The van der Waals surface area contributed by atoms with E-state index in [2.05, 4.69) is 10.3 Å². The number of sulfone groups is 1. The standard InChI is InChI=1S/C14H14N2O3S/c1-2-20(18,19)13-9-4-3-7-11(13)16-14(17)12-8-5-6-10-15-12/h3-10H,2H2,1H3,(H,16,17). The number of amides is 1. The number of aromatic nitrogens is 1. The van der Waals surface area contributed by atoms with Gasteiger partial charge in [-0.15, -0.1) is 0 Å². The monoisotopic (exact) mass is 290 g/mol. The number of anilines is 1. The lowest BCUT2D eigenvalue weighted by Crippen LogP contribution is -2.16. The molecule has 0 aliphatic rings. The Morgan fingerprint density at radius 3 is 2.50 bits per heavy atom. The van der Waals surface area contributed by atoms with E-state index in [9.17, 15) is 13.2 Å². The summed E-state index contributed by atoms with van der Waals surface area (Å²) in [4.78, 5) is 16.1. The normalized spacial score (nSPS) is 11.1. The molecule has 2 aromatic rings. The summed E-state index contributed by atoms with van der Waals surface area (Å²) < 4.78 is 23.9. The highest BCUT2D eigenvalue weighted by molar-refractivity contribution is 7.91. The second-order valence-corrected chi connectivity index (χ2v) is 6.32. The number of carbonyl (C=O) groups is 1. The van der Waals surface area contributed by atoms with E-state index >= 15 is 0 Å². The van der Waals surface area contributed by atoms with E-state index in [0.717, 1.165) is 0 Å². The van der Waals surface area contributed by atoms with Gasteiger partial charge in [0.1, 0.15) is 5.69 Å². The van der Waals surface area contributed by atoms with Crippen LogP contribution in [-0.2, 0) is 9.84 Å². The summed E-state index contributed by atoms with van der Waals surface area (Å²) in [5.74, 6) is -0.465. The Kier molecular flexibility index (Phi) is 4.14. The van der Waals surface area contributed by atoms with Crippen molar-refractivity contribution in [2.24, 2.45) is 0 Å². The van der Waals surface area contributed by atoms with Crippen LogP contribution in [0.25, 0.3) is 0 Å². The van der Waals surface area contributed by atoms with Crippen LogP contribution in [0.2, 0.25) is 0 Å². The van der Waals surface area contributed by atoms with Crippen LogP contribution >= 0.6 is 0 Å². The second kappa shape index (κ2) is 5.83. The fourth-order valence-corrected chi connectivity index (χ4v) is 2.73. The van der Waals surface area contributed by atoms with Gasteiger partial charge in [-0.25, -0.2) is 8.42 Å². The lowest BCUT2D eigenvalue weighted by Gasteiger charge is -2.10. The molecular formula is C14H14N2O3S. The molecule has 0 aliphatic carbocycles. The van der Waals surface area contributed by atoms with Gasteiger partial charge in [-0.05, 0) is 24.3 Å². The van der Waals surface area contributed by atoms with E-state index < -0.39 is 15.7 Å². The quantitative estimate of drug-likeness (QED) is 0.935. The highest BCUT2D eigenvalue weighted by Gasteiger charge is 2.18. The molecule has 0 saturated heterocycles. The molecule has 0 bridgehead atoms. The average molecular weight is 290 g/mol. The van der Waals surface area contributed by atoms with E-state index in [1.165, 1.54) is 12.3 Å². The number of carbonyl (C=O) groups excluding carboxylic acids is 1. The predicted molar refractivity (Wildman–Crippen MR) is 76.4 cm³/mol. The molecule has 1 aromatic heterocycles. The van der Waals surface area contributed by atoms with Crippen LogP contribution in [0.5, 0.6) is 0 Å². The third kappa shape index (κ3) is 3.03. The molecule has 0 saturated carbocycles. The second-order valence-electron chi connectivity index (χ2n) is 4.07. The molecule has 0 atom stereocenters. The van der Waals surface area contributed by atoms with Crippen LogP contribution < -0.4 is 5.32 Å². The van der Waals surface area contributed by atoms with Gasteiger partial charge in [-0.2, -0.15) is 0 Å². The fourth-order valence-electron chi connectivity index (χ4n) is 1.68. The number of rotatable bonds is 4. The Morgan fingerprint density at radius 2 is 1.85 bits per heavy atom. The summed E-state index contributed by atoms with van der Waals surface area (Å²) in [6.07, 6.45) is 1.50. The zero-order valence-electron chi connectivity index (χ0n) is 10.9. The first-order chi connectivity index (χ1) is 9.54. The molecule has 1 aromatic carbocycles. The summed E-state index contributed by atoms with van der Waals surface area (Å²) in [5, 5.41) is 2.59. The number of hydrogen-bond acceptors (Lipinski definition) is 4. The van der Waals surface area contributed by atoms with Gasteiger partial charge in [0.05, 0.1) is 16.3 Å². The molecule has 1 N–H and O–H groups in total. The van der Waals surface area contributed by atoms with Crippen molar-refractivity contribution in [3.63, 3.8) is 0 Å². The molecular weight excluding hydrogens is 276 g/mol. The van der Waals surface area contributed by atoms with Crippen LogP contribution in [0.4, 0.5) is 5.69 Å². The van der Waals surface area contributed by atoms with Crippen LogP contribution in [-0.4, -0.2) is 25.1 Å². The number of nitrogens with one attached hydrogen (secondary N) is 1. The van der Waals surface area contributed by atoms with Crippen LogP contribution in [0.1, 0.15) is 17.4 Å². The molecule has 6 heteroatoms. The van der Waals surface area contributed by atoms with E-state index in [1.54, 1.807) is 43.3 Å². The summed E-state index contributed by atoms with van der Waals surface area (Å²) in [6.45, 7) is 1.56. The largest absolute Gasteiger partial charge is 0.319 e. The summed E-state index contributed by atoms with van der Waals surface area (Å²) in [7, 11) is -3.39. The molecule has 0 fully saturated rings. The maximum Gasteiger partial charge on any atom is 0.274 e. The molecule has 0 spiro atoms. The molecule has 0 unspecified atom stereocenters. The Labute approximate surface area is 117 Å². The first-order valence-electron chi connectivity index (χ1n) is 6.09. The zero-order valence-corrected chi connectivity index (χ0v) is 11.7. The smallest absolute Gasteiger partial charge is 0.274 e. The molecule has 104 valence electrons. The number of nitrogens with zero attached hydrogens (tertiary/aromatic N) is 1. The van der Waals surface area contributed by atoms with Crippen molar-refractivity contribution < 1.29 is 13.2 Å². The molecule has 0 aliphatic heterocycles. The van der Waals surface area contributed by atoms with E-state index in [-0.39, 0.29) is 22.0 Å². The van der Waals surface area contributed by atoms with Crippen molar-refractivity contribution in [3.8, 4) is 0 Å². The molecule has 1 heterocycles. The highest BCUT2D eigenvalue weighted by Crippen LogP contribution is 2.22. The van der Waals surface area contributed by atoms with Gasteiger partial charge in [-0.3, -0.25) is 9.78 Å². The molecule has 20 heavy (non-hydrogen) atoms. The topological polar surface area (TPSA) is 76.1 Å². The Hall–Kier alpha value is -2.21. The number of benzene rings is 1. The van der Waals surface area contributed by atoms with Crippen molar-refractivity contribution in [2.75, 3.05) is 11.1 Å². The van der Waals surface area contributed by atoms with Crippen molar-refractivity contribution in [1.29, 1.82) is 0 Å². The third-order valence-corrected chi connectivity index (χ3v) is 4.53. The average Bonchev–Trinajstić information content (AvgIpc) is 2.48. The number of pyridine rings is 1. The Morgan fingerprint density at radius 1 is 1.15 bits per heavy atom. The fraction of sp³-hybridized carbons (Fsp3) is 0.143. The van der Waals surface area contributed by atoms with Gasteiger partial charge in [-0.1, -0.05) is 25.1 Å². The van der Waals surface area contributed by atoms with Crippen molar-refractivity contribution in [3.05, 3.63) is 54.4 Å². The maximum atomic E-state index is 12.0. The van der Waals surface area contributed by atoms with Crippen LogP contribution in [0.15, 0.2) is 53.6 Å². The minimum atomic E-state index is -3.39. The van der Waals surface area contributed by atoms with E-state index in [1.807, 2.05) is 0 Å². The molecule has 2 rings (SSSR count). The summed E-state index contributed by atoms with van der Waals surface area (Å²) in [5.41, 5.74) is 0.501. The van der Waals surface area contributed by atoms with Gasteiger partial charge < -0.3 is 5.32 Å². The van der Waals surface area contributed by atoms with Gasteiger partial charge >= 0.3 is 0 Å². The first-order valence-corrected chi connectivity index (χ1v) is 7.74. The van der Waals surface area contributed by atoms with Crippen molar-refractivity contribution >= 4 is 21.4 Å². The van der Waals surface area contributed by atoms with Gasteiger partial charge in [0.25, 0.3) is 5.91 Å². The molecule has 5 nitrogen and oxygen atoms in total. The minimum absolute atomic E-state index is 0.0243. The SMILES string of the molecule is CCS(=O)(=O)c1ccccc1NC(=O)c1ccccn1. The maximum absolute atomic E-state index is 12.0. The minimum Gasteiger partial charge on any atom is -0.319 e. The molecule has 1 amide bonds. The van der Waals surface area contributed by atoms with Crippen LogP contribution in [0, 0.1) is 0 Å². The van der Waals surface area contributed by atoms with Gasteiger partial charge in [0.2, 0.25) is 0 Å². The zero-order chi connectivity index (χ0) is 14.6. The third-order valence-electron chi connectivity index (χ3n) is 2.75. The highest BCUT2D eigenvalue weighted by atomic mass is 32.2. The van der Waals surface area contributed by atoms with Gasteiger partial charge in [0.15, 0.2) is 9.84 Å². The van der Waals surface area contributed by atoms with Crippen LogP contribution in [0.3, 0.4) is 0 Å². The first kappa shape index (κ1) is 14.2. The van der Waals surface area contributed by atoms with Crippen molar-refractivity contribution in [1.82, 2.24) is 4.98 Å². The van der Waals surface area contributed by atoms with E-state index in [4.69, 9.17) is 0 Å². The number of para-hydroxylation sites is 1. The van der Waals surface area contributed by atoms with Gasteiger partial charge in [0, 0.05) is 6.20 Å². The number of hydrogen-bond donors (Lipinski definition) is 1. The predicted octanol–water partition coefficient (Wildman–Crippen LogP) is 2.13.